The van der Waals surface area contributed by atoms with Gasteiger partial charge in [0.05, 0.1) is 4.88 Å². The summed E-state index contributed by atoms with van der Waals surface area (Å²) >= 11 is 1.66. The fourth-order valence-corrected chi connectivity index (χ4v) is 4.33. The molecule has 0 radical (unpaired) electrons. The maximum Gasteiger partial charge on any atom is 0.265 e. The van der Waals surface area contributed by atoms with Gasteiger partial charge >= 0.3 is 0 Å². The number of rotatable bonds is 2. The molecule has 2 heterocycles. The second-order valence-corrected chi connectivity index (χ2v) is 6.91. The average molecular weight is 335 g/mol. The molecular formula is C17H19ClN2OS. The zero-order valence-corrected chi connectivity index (χ0v) is 13.9. The maximum atomic E-state index is 12.4. The highest BCUT2D eigenvalue weighted by atomic mass is 35.5. The molecule has 0 saturated heterocycles. The Hall–Kier alpha value is -1.52. The number of fused-ring (bicyclic) bond motifs is 2. The van der Waals surface area contributed by atoms with Gasteiger partial charge in [-0.1, -0.05) is 0 Å². The van der Waals surface area contributed by atoms with Gasteiger partial charge in [-0.25, -0.2) is 0 Å². The van der Waals surface area contributed by atoms with Crippen molar-refractivity contribution < 1.29 is 4.79 Å². The smallest absolute Gasteiger partial charge is 0.265 e. The van der Waals surface area contributed by atoms with E-state index in [1.165, 1.54) is 34.5 Å². The third-order valence-corrected chi connectivity index (χ3v) is 5.53. The van der Waals surface area contributed by atoms with Crippen molar-refractivity contribution in [3.8, 4) is 0 Å². The number of benzene rings is 1. The topological polar surface area (TPSA) is 41.1 Å². The highest BCUT2D eigenvalue weighted by Gasteiger charge is 2.18. The summed E-state index contributed by atoms with van der Waals surface area (Å²) in [6, 6.07) is 8.20. The van der Waals surface area contributed by atoms with Crippen molar-refractivity contribution in [2.45, 2.75) is 32.1 Å². The molecule has 0 atom stereocenters. The van der Waals surface area contributed by atoms with Crippen LogP contribution in [-0.2, 0) is 19.3 Å². The third-order valence-electron chi connectivity index (χ3n) is 4.29. The fraction of sp³-hybridized carbons (Fsp3) is 0.353. The molecule has 2 N–H and O–H groups in total. The van der Waals surface area contributed by atoms with E-state index in [0.717, 1.165) is 36.4 Å². The lowest BCUT2D eigenvalue weighted by Crippen LogP contribution is -2.10. The van der Waals surface area contributed by atoms with Crippen LogP contribution in [0.25, 0.3) is 0 Å². The number of aryl methyl sites for hydroxylation is 2. The van der Waals surface area contributed by atoms with Crippen LogP contribution in [0.4, 0.5) is 11.4 Å². The quantitative estimate of drug-likeness (QED) is 0.861. The van der Waals surface area contributed by atoms with Crippen molar-refractivity contribution in [1.82, 2.24) is 0 Å². The Morgan fingerprint density at radius 1 is 1.09 bits per heavy atom. The number of hydrogen-bond acceptors (Lipinski definition) is 3. The second-order valence-electron chi connectivity index (χ2n) is 5.77. The van der Waals surface area contributed by atoms with Gasteiger partial charge in [0.2, 0.25) is 0 Å². The van der Waals surface area contributed by atoms with Crippen LogP contribution in [0.2, 0.25) is 0 Å². The summed E-state index contributed by atoms with van der Waals surface area (Å²) in [6.45, 7) is 0.990. The first kappa shape index (κ1) is 15.4. The first-order valence-electron chi connectivity index (χ1n) is 7.59. The molecule has 0 bridgehead atoms. The van der Waals surface area contributed by atoms with E-state index in [1.54, 1.807) is 11.3 Å². The van der Waals surface area contributed by atoms with E-state index in [4.69, 9.17) is 0 Å². The molecule has 1 aromatic heterocycles. The van der Waals surface area contributed by atoms with E-state index in [1.807, 2.05) is 6.07 Å². The van der Waals surface area contributed by atoms with Crippen molar-refractivity contribution in [3.63, 3.8) is 0 Å². The number of carbonyl (C=O) groups is 1. The molecule has 0 fully saturated rings. The van der Waals surface area contributed by atoms with Crippen LogP contribution in [0.15, 0.2) is 24.3 Å². The lowest BCUT2D eigenvalue weighted by molar-refractivity contribution is 0.103. The van der Waals surface area contributed by atoms with Crippen molar-refractivity contribution in [2.75, 3.05) is 17.2 Å². The van der Waals surface area contributed by atoms with E-state index in [9.17, 15) is 4.79 Å². The van der Waals surface area contributed by atoms with Crippen LogP contribution < -0.4 is 10.6 Å². The predicted octanol–water partition coefficient (Wildman–Crippen LogP) is 4.27. The minimum atomic E-state index is 0. The van der Waals surface area contributed by atoms with Gasteiger partial charge in [0.15, 0.2) is 0 Å². The molecule has 5 heteroatoms. The van der Waals surface area contributed by atoms with Gasteiger partial charge in [-0.15, -0.1) is 23.7 Å². The van der Waals surface area contributed by atoms with Gasteiger partial charge in [0.25, 0.3) is 5.91 Å². The van der Waals surface area contributed by atoms with Crippen LogP contribution in [0.5, 0.6) is 0 Å². The number of thiophene rings is 1. The Labute approximate surface area is 140 Å². The lowest BCUT2D eigenvalue weighted by atomic mass is 9.99. The van der Waals surface area contributed by atoms with Crippen LogP contribution in [0.1, 0.15) is 38.5 Å². The molecule has 0 saturated carbocycles. The molecule has 1 amide bonds. The Morgan fingerprint density at radius 2 is 1.95 bits per heavy atom. The fourth-order valence-electron chi connectivity index (χ4n) is 3.18. The third kappa shape index (κ3) is 2.85. The Balaban J connectivity index is 0.00000144. The normalized spacial score (nSPS) is 15.3. The first-order valence-corrected chi connectivity index (χ1v) is 8.41. The average Bonchev–Trinajstić information content (AvgIpc) is 3.13. The molecule has 0 spiro atoms. The highest BCUT2D eigenvalue weighted by Crippen LogP contribution is 2.30. The SMILES string of the molecule is Cl.O=C(Nc1ccc2c(c1)CCN2)c1cc2c(s1)CCCC2. The molecule has 1 aliphatic carbocycles. The number of amides is 1. The Kier molecular flexibility index (Phi) is 4.41. The number of anilines is 2. The molecule has 116 valence electrons. The van der Waals surface area contributed by atoms with Gasteiger partial charge in [-0.05, 0) is 67.5 Å². The summed E-state index contributed by atoms with van der Waals surface area (Å²) in [7, 11) is 0. The summed E-state index contributed by atoms with van der Waals surface area (Å²) in [6.07, 6.45) is 5.81. The molecule has 1 aliphatic heterocycles. The minimum absolute atomic E-state index is 0. The van der Waals surface area contributed by atoms with Crippen LogP contribution >= 0.6 is 23.7 Å². The zero-order valence-electron chi connectivity index (χ0n) is 12.3. The van der Waals surface area contributed by atoms with Crippen LogP contribution in [-0.4, -0.2) is 12.5 Å². The van der Waals surface area contributed by atoms with E-state index in [0.29, 0.717) is 0 Å². The van der Waals surface area contributed by atoms with Crippen LogP contribution in [0.3, 0.4) is 0 Å². The van der Waals surface area contributed by atoms with Crippen molar-refractivity contribution in [1.29, 1.82) is 0 Å². The number of carbonyl (C=O) groups excluding carboxylic acids is 1. The zero-order chi connectivity index (χ0) is 14.2. The summed E-state index contributed by atoms with van der Waals surface area (Å²) in [5.74, 6) is 0.0281. The van der Waals surface area contributed by atoms with Gasteiger partial charge in [0.1, 0.15) is 0 Å². The molecule has 2 aromatic rings. The molecule has 4 rings (SSSR count). The number of nitrogens with one attached hydrogen (secondary N) is 2. The van der Waals surface area contributed by atoms with Crippen molar-refractivity contribution in [3.05, 3.63) is 45.1 Å². The standard InChI is InChI=1S/C17H18N2OS.ClH/c20-17(16-10-12-3-1-2-4-15(12)21-16)19-13-5-6-14-11(9-13)7-8-18-14;/h5-6,9-10,18H,1-4,7-8H2,(H,19,20);1H. The van der Waals surface area contributed by atoms with Crippen LogP contribution in [0, 0.1) is 0 Å². The summed E-state index contributed by atoms with van der Waals surface area (Å²) in [4.78, 5) is 14.7. The summed E-state index contributed by atoms with van der Waals surface area (Å²) in [5, 5.41) is 6.38. The highest BCUT2D eigenvalue weighted by molar-refractivity contribution is 7.14. The number of halogens is 1. The summed E-state index contributed by atoms with van der Waals surface area (Å²) in [5.41, 5.74) is 4.77. The molecule has 1 aromatic carbocycles. The van der Waals surface area contributed by atoms with E-state index >= 15 is 0 Å². The van der Waals surface area contributed by atoms with E-state index in [2.05, 4.69) is 28.8 Å². The van der Waals surface area contributed by atoms with Gasteiger partial charge < -0.3 is 10.6 Å². The van der Waals surface area contributed by atoms with Crippen molar-refractivity contribution in [2.24, 2.45) is 0 Å². The largest absolute Gasteiger partial charge is 0.384 e. The predicted molar refractivity (Wildman–Crippen MR) is 94.8 cm³/mol. The lowest BCUT2D eigenvalue weighted by Gasteiger charge is -2.08. The number of hydrogen-bond donors (Lipinski definition) is 2. The van der Waals surface area contributed by atoms with Gasteiger partial charge in [-0.3, -0.25) is 4.79 Å². The Bertz CT molecular complexity index is 687. The Morgan fingerprint density at radius 3 is 2.82 bits per heavy atom. The van der Waals surface area contributed by atoms with Gasteiger partial charge in [-0.2, -0.15) is 0 Å². The molecular weight excluding hydrogens is 316 g/mol. The van der Waals surface area contributed by atoms with E-state index < -0.39 is 0 Å². The minimum Gasteiger partial charge on any atom is -0.384 e. The van der Waals surface area contributed by atoms with E-state index in [-0.39, 0.29) is 18.3 Å². The van der Waals surface area contributed by atoms with Crippen molar-refractivity contribution >= 4 is 41.0 Å². The monoisotopic (exact) mass is 334 g/mol. The van der Waals surface area contributed by atoms with Gasteiger partial charge in [0, 0.05) is 22.8 Å². The molecule has 3 nitrogen and oxygen atoms in total. The second kappa shape index (κ2) is 6.31. The molecule has 22 heavy (non-hydrogen) atoms. The molecule has 2 aliphatic rings. The first-order chi connectivity index (χ1) is 10.3. The molecule has 0 unspecified atom stereocenters. The summed E-state index contributed by atoms with van der Waals surface area (Å²) < 4.78 is 0. The maximum absolute atomic E-state index is 12.4.